The van der Waals surface area contributed by atoms with E-state index in [2.05, 4.69) is 5.32 Å². The van der Waals surface area contributed by atoms with Crippen LogP contribution in [0, 0.1) is 0 Å². The SMILES string of the molecule is O=C(CN1C(=O)S/C(=C/c2cccc(Cl)c2)C1=O)Nc1ccccc1Cl. The summed E-state index contributed by atoms with van der Waals surface area (Å²) in [6.07, 6.45) is 1.57. The van der Waals surface area contributed by atoms with Gasteiger partial charge in [0.25, 0.3) is 11.1 Å². The summed E-state index contributed by atoms with van der Waals surface area (Å²) in [5.41, 5.74) is 1.11. The summed E-state index contributed by atoms with van der Waals surface area (Å²) < 4.78 is 0. The third-order valence-corrected chi connectivity index (χ3v) is 4.94. The number of amides is 3. The number of carbonyl (C=O) groups is 3. The van der Waals surface area contributed by atoms with Crippen LogP contribution in [0.1, 0.15) is 5.56 Å². The summed E-state index contributed by atoms with van der Waals surface area (Å²) in [7, 11) is 0. The topological polar surface area (TPSA) is 66.5 Å². The van der Waals surface area contributed by atoms with Crippen LogP contribution in [0.15, 0.2) is 53.4 Å². The summed E-state index contributed by atoms with van der Waals surface area (Å²) in [5, 5.41) is 2.98. The summed E-state index contributed by atoms with van der Waals surface area (Å²) in [4.78, 5) is 37.8. The zero-order valence-electron chi connectivity index (χ0n) is 13.2. The molecular formula is C18H12Cl2N2O3S. The summed E-state index contributed by atoms with van der Waals surface area (Å²) in [5.74, 6) is -1.03. The van der Waals surface area contributed by atoms with Crippen LogP contribution in [0.4, 0.5) is 10.5 Å². The highest BCUT2D eigenvalue weighted by Gasteiger charge is 2.36. The van der Waals surface area contributed by atoms with Gasteiger partial charge in [-0.25, -0.2) is 0 Å². The Hall–Kier alpha value is -2.28. The standard InChI is InChI=1S/C18H12Cl2N2O3S/c19-12-5-3-4-11(8-12)9-15-17(24)22(18(25)26-15)10-16(23)21-14-7-2-1-6-13(14)20/h1-9H,10H2,(H,21,23)/b15-9+. The highest BCUT2D eigenvalue weighted by atomic mass is 35.5. The normalized spacial score (nSPS) is 15.6. The molecule has 0 saturated carbocycles. The third kappa shape index (κ3) is 4.27. The van der Waals surface area contributed by atoms with Gasteiger partial charge in [0, 0.05) is 5.02 Å². The van der Waals surface area contributed by atoms with Crippen molar-refractivity contribution >= 4 is 63.8 Å². The van der Waals surface area contributed by atoms with Gasteiger partial charge in [0.2, 0.25) is 5.91 Å². The fourth-order valence-corrected chi connectivity index (χ4v) is 3.50. The van der Waals surface area contributed by atoms with Crippen LogP contribution in [0.25, 0.3) is 6.08 Å². The molecule has 0 spiro atoms. The quantitative estimate of drug-likeness (QED) is 0.749. The zero-order chi connectivity index (χ0) is 18.7. The lowest BCUT2D eigenvalue weighted by Crippen LogP contribution is -2.36. The Morgan fingerprint density at radius 3 is 2.62 bits per heavy atom. The maximum atomic E-state index is 12.4. The molecule has 3 amide bonds. The van der Waals surface area contributed by atoms with E-state index < -0.39 is 17.1 Å². The van der Waals surface area contributed by atoms with Crippen molar-refractivity contribution in [3.05, 3.63) is 69.0 Å². The molecule has 1 aliphatic rings. The molecule has 0 aromatic heterocycles. The molecule has 0 unspecified atom stereocenters. The first-order valence-corrected chi connectivity index (χ1v) is 9.06. The molecule has 132 valence electrons. The predicted octanol–water partition coefficient (Wildman–Crippen LogP) is 4.67. The predicted molar refractivity (Wildman–Crippen MR) is 104 cm³/mol. The van der Waals surface area contributed by atoms with Crippen LogP contribution in [0.5, 0.6) is 0 Å². The number of benzene rings is 2. The van der Waals surface area contributed by atoms with Gasteiger partial charge in [0.15, 0.2) is 0 Å². The average molecular weight is 407 g/mol. The number of imide groups is 1. The minimum Gasteiger partial charge on any atom is -0.323 e. The first-order valence-electron chi connectivity index (χ1n) is 7.49. The van der Waals surface area contributed by atoms with Crippen LogP contribution in [-0.2, 0) is 9.59 Å². The Bertz CT molecular complexity index is 930. The lowest BCUT2D eigenvalue weighted by molar-refractivity contribution is -0.127. The molecule has 1 heterocycles. The van der Waals surface area contributed by atoms with Crippen molar-refractivity contribution in [1.82, 2.24) is 4.90 Å². The van der Waals surface area contributed by atoms with E-state index in [1.54, 1.807) is 54.6 Å². The summed E-state index contributed by atoms with van der Waals surface area (Å²) >= 11 is 12.7. The van der Waals surface area contributed by atoms with Gasteiger partial charge in [-0.1, -0.05) is 47.5 Å². The van der Waals surface area contributed by atoms with Crippen LogP contribution < -0.4 is 5.32 Å². The molecule has 0 aliphatic carbocycles. The van der Waals surface area contributed by atoms with Gasteiger partial charge in [0.1, 0.15) is 6.54 Å². The second-order valence-corrected chi connectivity index (χ2v) is 7.19. The number of nitrogens with one attached hydrogen (secondary N) is 1. The number of thioether (sulfide) groups is 1. The fourth-order valence-electron chi connectivity index (χ4n) is 2.28. The molecule has 1 aliphatic heterocycles. The van der Waals surface area contributed by atoms with E-state index in [1.165, 1.54) is 0 Å². The van der Waals surface area contributed by atoms with Gasteiger partial charge in [-0.3, -0.25) is 19.3 Å². The Labute approximate surface area is 164 Å². The Morgan fingerprint density at radius 2 is 1.88 bits per heavy atom. The maximum absolute atomic E-state index is 12.4. The average Bonchev–Trinajstić information content (AvgIpc) is 2.84. The van der Waals surface area contributed by atoms with Crippen LogP contribution in [-0.4, -0.2) is 28.5 Å². The van der Waals surface area contributed by atoms with E-state index in [-0.39, 0.29) is 11.4 Å². The molecule has 2 aromatic rings. The minimum absolute atomic E-state index is 0.239. The highest BCUT2D eigenvalue weighted by molar-refractivity contribution is 8.18. The van der Waals surface area contributed by atoms with Crippen molar-refractivity contribution in [3.63, 3.8) is 0 Å². The summed E-state index contributed by atoms with van der Waals surface area (Å²) in [6, 6.07) is 13.6. The largest absolute Gasteiger partial charge is 0.323 e. The van der Waals surface area contributed by atoms with Crippen molar-refractivity contribution in [2.24, 2.45) is 0 Å². The molecule has 1 N–H and O–H groups in total. The van der Waals surface area contributed by atoms with Crippen LogP contribution in [0.3, 0.4) is 0 Å². The monoisotopic (exact) mass is 406 g/mol. The Kier molecular flexibility index (Phi) is 5.66. The Morgan fingerprint density at radius 1 is 1.12 bits per heavy atom. The number of halogens is 2. The molecule has 0 bridgehead atoms. The van der Waals surface area contributed by atoms with Gasteiger partial charge in [-0.15, -0.1) is 0 Å². The number of hydrogen-bond acceptors (Lipinski definition) is 4. The number of anilines is 1. The maximum Gasteiger partial charge on any atom is 0.294 e. The van der Waals surface area contributed by atoms with E-state index in [0.29, 0.717) is 21.3 Å². The molecule has 5 nitrogen and oxygen atoms in total. The van der Waals surface area contributed by atoms with Crippen molar-refractivity contribution in [2.45, 2.75) is 0 Å². The second kappa shape index (κ2) is 7.95. The van der Waals surface area contributed by atoms with Gasteiger partial charge >= 0.3 is 0 Å². The number of rotatable bonds is 4. The molecule has 8 heteroatoms. The third-order valence-electron chi connectivity index (χ3n) is 3.47. The van der Waals surface area contributed by atoms with E-state index in [4.69, 9.17) is 23.2 Å². The van der Waals surface area contributed by atoms with E-state index >= 15 is 0 Å². The van der Waals surface area contributed by atoms with E-state index in [9.17, 15) is 14.4 Å². The van der Waals surface area contributed by atoms with Crippen molar-refractivity contribution in [3.8, 4) is 0 Å². The number of nitrogens with zero attached hydrogens (tertiary/aromatic N) is 1. The number of hydrogen-bond donors (Lipinski definition) is 1. The van der Waals surface area contributed by atoms with Gasteiger partial charge in [0.05, 0.1) is 15.6 Å². The molecule has 1 saturated heterocycles. The van der Waals surface area contributed by atoms with E-state index in [0.717, 1.165) is 16.7 Å². The molecular weight excluding hydrogens is 395 g/mol. The van der Waals surface area contributed by atoms with Crippen molar-refractivity contribution < 1.29 is 14.4 Å². The van der Waals surface area contributed by atoms with Gasteiger partial charge < -0.3 is 5.32 Å². The van der Waals surface area contributed by atoms with Crippen molar-refractivity contribution in [2.75, 3.05) is 11.9 Å². The number of carbonyl (C=O) groups excluding carboxylic acids is 3. The first-order chi connectivity index (χ1) is 12.4. The molecule has 3 rings (SSSR count). The number of para-hydroxylation sites is 1. The van der Waals surface area contributed by atoms with Crippen LogP contribution >= 0.6 is 35.0 Å². The molecule has 26 heavy (non-hydrogen) atoms. The van der Waals surface area contributed by atoms with Crippen LogP contribution in [0.2, 0.25) is 10.0 Å². The Balaban J connectivity index is 1.71. The highest BCUT2D eigenvalue weighted by Crippen LogP contribution is 2.32. The van der Waals surface area contributed by atoms with Gasteiger partial charge in [-0.05, 0) is 47.7 Å². The smallest absolute Gasteiger partial charge is 0.294 e. The van der Waals surface area contributed by atoms with E-state index in [1.807, 2.05) is 0 Å². The molecule has 2 aromatic carbocycles. The first kappa shape index (κ1) is 18.5. The molecule has 1 fully saturated rings. The lowest BCUT2D eigenvalue weighted by Gasteiger charge is -2.13. The summed E-state index contributed by atoms with van der Waals surface area (Å²) in [6.45, 7) is -0.386. The fraction of sp³-hybridized carbons (Fsp3) is 0.0556. The minimum atomic E-state index is -0.519. The molecule has 0 atom stereocenters. The second-order valence-electron chi connectivity index (χ2n) is 5.35. The van der Waals surface area contributed by atoms with Gasteiger partial charge in [-0.2, -0.15) is 0 Å². The molecule has 0 radical (unpaired) electrons. The van der Waals surface area contributed by atoms with Crippen molar-refractivity contribution in [1.29, 1.82) is 0 Å². The zero-order valence-corrected chi connectivity index (χ0v) is 15.6. The lowest BCUT2D eigenvalue weighted by atomic mass is 10.2.